The first-order valence-corrected chi connectivity index (χ1v) is 9.60. The summed E-state index contributed by atoms with van der Waals surface area (Å²) >= 11 is 0. The molecule has 0 spiro atoms. The Morgan fingerprint density at radius 2 is 1.96 bits per heavy atom. The van der Waals surface area contributed by atoms with Crippen molar-refractivity contribution in [3.05, 3.63) is 48.4 Å². The predicted octanol–water partition coefficient (Wildman–Crippen LogP) is 3.43. The van der Waals surface area contributed by atoms with E-state index in [1.165, 1.54) is 12.8 Å². The summed E-state index contributed by atoms with van der Waals surface area (Å²) in [4.78, 5) is 14.7. The van der Waals surface area contributed by atoms with Gasteiger partial charge in [0.1, 0.15) is 11.5 Å². The molecule has 6 heteroatoms. The van der Waals surface area contributed by atoms with Crippen molar-refractivity contribution in [2.24, 2.45) is 0 Å². The molecule has 1 aliphatic rings. The molecular weight excluding hydrogens is 342 g/mol. The number of ether oxygens (including phenoxy) is 1. The van der Waals surface area contributed by atoms with Gasteiger partial charge < -0.3 is 19.8 Å². The van der Waals surface area contributed by atoms with E-state index in [-0.39, 0.29) is 18.0 Å². The molecule has 2 N–H and O–H groups in total. The highest BCUT2D eigenvalue weighted by Gasteiger charge is 2.25. The van der Waals surface area contributed by atoms with Crippen LogP contribution >= 0.6 is 0 Å². The van der Waals surface area contributed by atoms with E-state index in [1.54, 1.807) is 13.4 Å². The second-order valence-corrected chi connectivity index (χ2v) is 7.06. The first kappa shape index (κ1) is 19.5. The Morgan fingerprint density at radius 1 is 1.22 bits per heavy atom. The van der Waals surface area contributed by atoms with Crippen molar-refractivity contribution in [3.63, 3.8) is 0 Å². The monoisotopic (exact) mass is 371 g/mol. The van der Waals surface area contributed by atoms with Crippen LogP contribution in [0.15, 0.2) is 47.1 Å². The van der Waals surface area contributed by atoms with Crippen LogP contribution in [0.25, 0.3) is 0 Å². The highest BCUT2D eigenvalue weighted by Crippen LogP contribution is 2.25. The molecule has 1 aliphatic heterocycles. The zero-order valence-corrected chi connectivity index (χ0v) is 16.1. The number of nitrogens with zero attached hydrogens (tertiary/aromatic N) is 1. The lowest BCUT2D eigenvalue weighted by Crippen LogP contribution is -2.39. The zero-order chi connectivity index (χ0) is 19.1. The molecule has 0 bridgehead atoms. The van der Waals surface area contributed by atoms with E-state index in [9.17, 15) is 4.79 Å². The van der Waals surface area contributed by atoms with Crippen molar-refractivity contribution >= 4 is 11.6 Å². The number of likely N-dealkylation sites (tertiary alicyclic amines) is 1. The average Bonchev–Trinajstić information content (AvgIpc) is 3.37. The van der Waals surface area contributed by atoms with Gasteiger partial charge in [0.2, 0.25) is 5.91 Å². The number of hydrogen-bond donors (Lipinski definition) is 2. The Balaban J connectivity index is 1.48. The van der Waals surface area contributed by atoms with Crippen LogP contribution in [0.4, 0.5) is 5.69 Å². The minimum absolute atomic E-state index is 0.00381. The van der Waals surface area contributed by atoms with Crippen LogP contribution in [0.2, 0.25) is 0 Å². The van der Waals surface area contributed by atoms with Crippen molar-refractivity contribution in [2.45, 2.75) is 38.3 Å². The Bertz CT molecular complexity index is 694. The minimum Gasteiger partial charge on any atom is -0.497 e. The zero-order valence-electron chi connectivity index (χ0n) is 16.1. The molecule has 1 aromatic heterocycles. The van der Waals surface area contributed by atoms with E-state index in [0.29, 0.717) is 6.42 Å². The fraction of sp³-hybridized carbons (Fsp3) is 0.476. The van der Waals surface area contributed by atoms with Gasteiger partial charge in [0.05, 0.1) is 19.4 Å². The molecular formula is C21H29N3O3. The highest BCUT2D eigenvalue weighted by molar-refractivity contribution is 5.91. The van der Waals surface area contributed by atoms with Crippen molar-refractivity contribution in [1.29, 1.82) is 0 Å². The SMILES string of the molecule is COc1ccc(NC(=O)CC(C)NCC(c2ccco2)N2CCCC2)cc1. The Kier molecular flexibility index (Phi) is 6.90. The molecule has 3 rings (SSSR count). The number of amides is 1. The number of furan rings is 1. The Labute approximate surface area is 160 Å². The molecule has 0 radical (unpaired) electrons. The van der Waals surface area contributed by atoms with Crippen LogP contribution in [0.3, 0.4) is 0 Å². The highest BCUT2D eigenvalue weighted by atomic mass is 16.5. The summed E-state index contributed by atoms with van der Waals surface area (Å²) in [5, 5.41) is 6.43. The first-order chi connectivity index (χ1) is 13.2. The molecule has 1 amide bonds. The smallest absolute Gasteiger partial charge is 0.225 e. The lowest BCUT2D eigenvalue weighted by molar-refractivity contribution is -0.116. The molecule has 1 aromatic carbocycles. The van der Waals surface area contributed by atoms with Crippen molar-refractivity contribution < 1.29 is 13.9 Å². The first-order valence-electron chi connectivity index (χ1n) is 9.60. The van der Waals surface area contributed by atoms with Crippen LogP contribution in [-0.4, -0.2) is 43.6 Å². The Morgan fingerprint density at radius 3 is 2.59 bits per heavy atom. The van der Waals surface area contributed by atoms with Crippen LogP contribution in [0, 0.1) is 0 Å². The normalized spacial score (nSPS) is 16.8. The average molecular weight is 371 g/mol. The van der Waals surface area contributed by atoms with Crippen LogP contribution in [-0.2, 0) is 4.79 Å². The van der Waals surface area contributed by atoms with E-state index in [1.807, 2.05) is 43.3 Å². The van der Waals surface area contributed by atoms with Gasteiger partial charge in [0.15, 0.2) is 0 Å². The molecule has 2 atom stereocenters. The van der Waals surface area contributed by atoms with E-state index in [2.05, 4.69) is 15.5 Å². The molecule has 1 saturated heterocycles. The molecule has 1 fully saturated rings. The number of anilines is 1. The topological polar surface area (TPSA) is 66.7 Å². The molecule has 2 unspecified atom stereocenters. The lowest BCUT2D eigenvalue weighted by atomic mass is 10.1. The Hall–Kier alpha value is -2.31. The van der Waals surface area contributed by atoms with Crippen molar-refractivity contribution in [2.75, 3.05) is 32.1 Å². The van der Waals surface area contributed by atoms with E-state index < -0.39 is 0 Å². The van der Waals surface area contributed by atoms with Gasteiger partial charge in [0.25, 0.3) is 0 Å². The number of rotatable bonds is 9. The number of benzene rings is 1. The van der Waals surface area contributed by atoms with Crippen LogP contribution < -0.4 is 15.4 Å². The van der Waals surface area contributed by atoms with Gasteiger partial charge in [-0.05, 0) is 69.3 Å². The number of carbonyl (C=O) groups excluding carboxylic acids is 1. The van der Waals surface area contributed by atoms with Crippen LogP contribution in [0.5, 0.6) is 5.75 Å². The molecule has 2 heterocycles. The largest absolute Gasteiger partial charge is 0.497 e. The molecule has 6 nitrogen and oxygen atoms in total. The summed E-state index contributed by atoms with van der Waals surface area (Å²) in [5.74, 6) is 1.75. The second-order valence-electron chi connectivity index (χ2n) is 7.06. The van der Waals surface area contributed by atoms with Gasteiger partial charge in [0, 0.05) is 24.7 Å². The third-order valence-electron chi connectivity index (χ3n) is 4.98. The molecule has 0 saturated carbocycles. The van der Waals surface area contributed by atoms with Gasteiger partial charge in [-0.25, -0.2) is 0 Å². The summed E-state index contributed by atoms with van der Waals surface area (Å²) in [6.45, 7) is 5.00. The summed E-state index contributed by atoms with van der Waals surface area (Å²) in [5.41, 5.74) is 0.776. The second kappa shape index (κ2) is 9.58. The predicted molar refractivity (Wildman–Crippen MR) is 106 cm³/mol. The van der Waals surface area contributed by atoms with Crippen molar-refractivity contribution in [3.8, 4) is 5.75 Å². The number of carbonyl (C=O) groups is 1. The number of nitrogens with one attached hydrogen (secondary N) is 2. The van der Waals surface area contributed by atoms with Gasteiger partial charge in [-0.2, -0.15) is 0 Å². The van der Waals surface area contributed by atoms with Gasteiger partial charge in [-0.15, -0.1) is 0 Å². The third kappa shape index (κ3) is 5.58. The summed E-state index contributed by atoms with van der Waals surface area (Å²) in [6.07, 6.45) is 4.61. The number of hydrogen-bond acceptors (Lipinski definition) is 5. The van der Waals surface area contributed by atoms with Gasteiger partial charge in [-0.3, -0.25) is 9.69 Å². The fourth-order valence-corrected chi connectivity index (χ4v) is 3.49. The molecule has 27 heavy (non-hydrogen) atoms. The number of methoxy groups -OCH3 is 1. The fourth-order valence-electron chi connectivity index (χ4n) is 3.49. The maximum absolute atomic E-state index is 12.3. The van der Waals surface area contributed by atoms with Gasteiger partial charge >= 0.3 is 0 Å². The molecule has 2 aromatic rings. The summed E-state index contributed by atoms with van der Waals surface area (Å²) < 4.78 is 10.8. The summed E-state index contributed by atoms with van der Waals surface area (Å²) in [6, 6.07) is 11.6. The minimum atomic E-state index is -0.00381. The van der Waals surface area contributed by atoms with E-state index in [4.69, 9.17) is 9.15 Å². The molecule has 0 aliphatic carbocycles. The maximum Gasteiger partial charge on any atom is 0.225 e. The maximum atomic E-state index is 12.3. The standard InChI is InChI=1S/C21H29N3O3/c1-16(14-21(25)23-17-7-9-18(26-2)10-8-17)22-15-19(20-6-5-13-27-20)24-11-3-4-12-24/h5-10,13,16,19,22H,3-4,11-12,14-15H2,1-2H3,(H,23,25). The third-order valence-corrected chi connectivity index (χ3v) is 4.98. The van der Waals surface area contributed by atoms with E-state index >= 15 is 0 Å². The van der Waals surface area contributed by atoms with E-state index in [0.717, 1.165) is 36.8 Å². The summed E-state index contributed by atoms with van der Waals surface area (Å²) in [7, 11) is 1.62. The van der Waals surface area contributed by atoms with Crippen LogP contribution in [0.1, 0.15) is 38.0 Å². The van der Waals surface area contributed by atoms with Gasteiger partial charge in [-0.1, -0.05) is 0 Å². The van der Waals surface area contributed by atoms with Crippen molar-refractivity contribution in [1.82, 2.24) is 10.2 Å². The lowest BCUT2D eigenvalue weighted by Gasteiger charge is -2.27. The molecule has 146 valence electrons. The quantitative estimate of drug-likeness (QED) is 0.707.